The maximum atomic E-state index is 4.60. The van der Waals surface area contributed by atoms with E-state index in [1.807, 2.05) is 0 Å². The highest BCUT2D eigenvalue weighted by Crippen LogP contribution is 2.20. The van der Waals surface area contributed by atoms with Gasteiger partial charge in [0.2, 0.25) is 5.95 Å². The van der Waals surface area contributed by atoms with E-state index in [4.69, 9.17) is 0 Å². The van der Waals surface area contributed by atoms with Crippen LogP contribution >= 0.6 is 0 Å². The highest BCUT2D eigenvalue weighted by Gasteiger charge is 2.16. The van der Waals surface area contributed by atoms with Crippen LogP contribution in [0.15, 0.2) is 24.4 Å². The van der Waals surface area contributed by atoms with E-state index in [-0.39, 0.29) is 0 Å². The zero-order valence-electron chi connectivity index (χ0n) is 13.4. The van der Waals surface area contributed by atoms with Gasteiger partial charge < -0.3 is 15.1 Å². The van der Waals surface area contributed by atoms with E-state index in [0.29, 0.717) is 5.95 Å². The number of aryl methyl sites for hydroxylation is 2. The fraction of sp³-hybridized carbons (Fsp3) is 0.438. The van der Waals surface area contributed by atoms with E-state index < -0.39 is 0 Å². The van der Waals surface area contributed by atoms with E-state index in [1.165, 1.54) is 11.1 Å². The number of rotatable bonds is 3. The van der Waals surface area contributed by atoms with Crippen molar-refractivity contribution >= 4 is 17.5 Å². The molecule has 1 N–H and O–H groups in total. The Morgan fingerprint density at radius 3 is 2.59 bits per heavy atom. The molecule has 1 aromatic heterocycles. The second-order valence-electron chi connectivity index (χ2n) is 5.87. The molecule has 2 heterocycles. The zero-order valence-corrected chi connectivity index (χ0v) is 13.4. The molecular weight excluding hydrogens is 276 g/mol. The Hall–Kier alpha value is -2.21. The highest BCUT2D eigenvalue weighted by atomic mass is 15.3. The van der Waals surface area contributed by atoms with Gasteiger partial charge in [-0.05, 0) is 32.5 Å². The van der Waals surface area contributed by atoms with Gasteiger partial charge in [0, 0.05) is 31.9 Å². The van der Waals surface area contributed by atoms with E-state index in [9.17, 15) is 0 Å². The summed E-state index contributed by atoms with van der Waals surface area (Å²) in [5.74, 6) is 1.43. The lowest BCUT2D eigenvalue weighted by Gasteiger charge is -2.32. The summed E-state index contributed by atoms with van der Waals surface area (Å²) in [6.07, 6.45) is 1.73. The Kier molecular flexibility index (Phi) is 4.20. The van der Waals surface area contributed by atoms with Crippen molar-refractivity contribution in [2.24, 2.45) is 0 Å². The number of likely N-dealkylation sites (N-methyl/N-ethyl adjacent to an activating group) is 1. The molecule has 1 fully saturated rings. The van der Waals surface area contributed by atoms with Crippen molar-refractivity contribution in [2.75, 3.05) is 43.4 Å². The summed E-state index contributed by atoms with van der Waals surface area (Å²) in [6, 6.07) is 6.27. The van der Waals surface area contributed by atoms with E-state index in [0.717, 1.165) is 37.7 Å². The molecule has 3 rings (SSSR count). The van der Waals surface area contributed by atoms with Crippen molar-refractivity contribution < 1.29 is 0 Å². The topological polar surface area (TPSA) is 57.2 Å². The van der Waals surface area contributed by atoms with Crippen LogP contribution in [-0.4, -0.2) is 53.3 Å². The van der Waals surface area contributed by atoms with Gasteiger partial charge in [-0.2, -0.15) is 10.1 Å². The van der Waals surface area contributed by atoms with Gasteiger partial charge in [-0.3, -0.25) is 0 Å². The maximum Gasteiger partial charge on any atom is 0.249 e. The maximum absolute atomic E-state index is 4.60. The van der Waals surface area contributed by atoms with Gasteiger partial charge in [0.25, 0.3) is 0 Å². The second-order valence-corrected chi connectivity index (χ2v) is 5.87. The van der Waals surface area contributed by atoms with Crippen molar-refractivity contribution in [3.8, 4) is 0 Å². The van der Waals surface area contributed by atoms with Gasteiger partial charge in [-0.15, -0.1) is 5.10 Å². The number of hydrogen-bond donors (Lipinski definition) is 1. The first kappa shape index (κ1) is 14.7. The van der Waals surface area contributed by atoms with Crippen molar-refractivity contribution in [2.45, 2.75) is 13.8 Å². The molecule has 22 heavy (non-hydrogen) atoms. The van der Waals surface area contributed by atoms with Crippen LogP contribution in [0, 0.1) is 13.8 Å². The molecule has 0 amide bonds. The Balaban J connectivity index is 1.76. The lowest BCUT2D eigenvalue weighted by Crippen LogP contribution is -2.44. The van der Waals surface area contributed by atoms with Gasteiger partial charge in [-0.25, -0.2) is 0 Å². The second kappa shape index (κ2) is 6.27. The summed E-state index contributed by atoms with van der Waals surface area (Å²) < 4.78 is 0. The summed E-state index contributed by atoms with van der Waals surface area (Å²) in [5, 5.41) is 11.5. The van der Waals surface area contributed by atoms with Crippen LogP contribution in [-0.2, 0) is 0 Å². The smallest absolute Gasteiger partial charge is 0.249 e. The van der Waals surface area contributed by atoms with Crippen LogP contribution in [0.1, 0.15) is 11.1 Å². The monoisotopic (exact) mass is 298 g/mol. The first-order valence-corrected chi connectivity index (χ1v) is 7.59. The molecule has 6 heteroatoms. The summed E-state index contributed by atoms with van der Waals surface area (Å²) in [4.78, 5) is 9.17. The molecule has 0 unspecified atom stereocenters. The first-order chi connectivity index (χ1) is 10.6. The number of benzene rings is 1. The average molecular weight is 298 g/mol. The highest BCUT2D eigenvalue weighted by molar-refractivity contribution is 5.59. The molecule has 2 aromatic rings. The lowest BCUT2D eigenvalue weighted by molar-refractivity contribution is 0.312. The molecule has 1 aromatic carbocycles. The molecule has 116 valence electrons. The van der Waals surface area contributed by atoms with E-state index in [1.54, 1.807) is 6.20 Å². The Morgan fingerprint density at radius 2 is 1.86 bits per heavy atom. The minimum absolute atomic E-state index is 0.545. The SMILES string of the molecule is Cc1ccc(Nc2nncc(N3CCN(C)CC3)n2)c(C)c1. The van der Waals surface area contributed by atoms with Crippen LogP contribution in [0.2, 0.25) is 0 Å². The first-order valence-electron chi connectivity index (χ1n) is 7.59. The van der Waals surface area contributed by atoms with Crippen LogP contribution in [0.3, 0.4) is 0 Å². The third-order valence-corrected chi connectivity index (χ3v) is 4.00. The summed E-state index contributed by atoms with van der Waals surface area (Å²) in [5.41, 5.74) is 3.44. The van der Waals surface area contributed by atoms with Crippen molar-refractivity contribution in [1.29, 1.82) is 0 Å². The normalized spacial score (nSPS) is 15.9. The van der Waals surface area contributed by atoms with Crippen LogP contribution in [0.5, 0.6) is 0 Å². The number of nitrogens with one attached hydrogen (secondary N) is 1. The van der Waals surface area contributed by atoms with Crippen molar-refractivity contribution in [3.05, 3.63) is 35.5 Å². The fourth-order valence-corrected chi connectivity index (χ4v) is 2.61. The number of piperazine rings is 1. The summed E-state index contributed by atoms with van der Waals surface area (Å²) >= 11 is 0. The molecule has 6 nitrogen and oxygen atoms in total. The Labute approximate surface area is 131 Å². The Bertz CT molecular complexity index is 649. The number of anilines is 3. The molecule has 0 aliphatic carbocycles. The molecule has 1 aliphatic heterocycles. The standard InChI is InChI=1S/C16H22N6/c1-12-4-5-14(13(2)10-12)18-16-19-15(11-17-20-16)22-8-6-21(3)7-9-22/h4-5,10-11H,6-9H2,1-3H3,(H,18,19,20). The predicted octanol–water partition coefficient (Wildman–Crippen LogP) is 1.98. The van der Waals surface area contributed by atoms with Crippen molar-refractivity contribution in [1.82, 2.24) is 20.1 Å². The lowest BCUT2D eigenvalue weighted by atomic mass is 10.1. The van der Waals surface area contributed by atoms with Gasteiger partial charge in [0.15, 0.2) is 5.82 Å². The Morgan fingerprint density at radius 1 is 1.09 bits per heavy atom. The van der Waals surface area contributed by atoms with Crippen LogP contribution in [0.4, 0.5) is 17.5 Å². The van der Waals surface area contributed by atoms with Gasteiger partial charge in [0.05, 0.1) is 6.20 Å². The van der Waals surface area contributed by atoms with Gasteiger partial charge in [-0.1, -0.05) is 17.7 Å². The minimum Gasteiger partial charge on any atom is -0.353 e. The molecule has 1 saturated heterocycles. The third kappa shape index (κ3) is 3.33. The van der Waals surface area contributed by atoms with E-state index in [2.05, 4.69) is 69.4 Å². The quantitative estimate of drug-likeness (QED) is 0.935. The molecule has 1 aliphatic rings. The number of hydrogen-bond acceptors (Lipinski definition) is 6. The molecule has 0 spiro atoms. The van der Waals surface area contributed by atoms with Crippen molar-refractivity contribution in [3.63, 3.8) is 0 Å². The predicted molar refractivity (Wildman–Crippen MR) is 88.7 cm³/mol. The molecule has 0 atom stereocenters. The van der Waals surface area contributed by atoms with Gasteiger partial charge >= 0.3 is 0 Å². The number of nitrogens with zero attached hydrogens (tertiary/aromatic N) is 5. The summed E-state index contributed by atoms with van der Waals surface area (Å²) in [6.45, 7) is 8.19. The third-order valence-electron chi connectivity index (χ3n) is 4.00. The largest absolute Gasteiger partial charge is 0.353 e. The van der Waals surface area contributed by atoms with Gasteiger partial charge in [0.1, 0.15) is 0 Å². The minimum atomic E-state index is 0.545. The molecule has 0 saturated carbocycles. The fourth-order valence-electron chi connectivity index (χ4n) is 2.61. The number of aromatic nitrogens is 3. The average Bonchev–Trinajstić information content (AvgIpc) is 2.51. The summed E-state index contributed by atoms with van der Waals surface area (Å²) in [7, 11) is 2.14. The van der Waals surface area contributed by atoms with E-state index >= 15 is 0 Å². The van der Waals surface area contributed by atoms with Crippen LogP contribution in [0.25, 0.3) is 0 Å². The molecule has 0 radical (unpaired) electrons. The molecule has 0 bridgehead atoms. The zero-order chi connectivity index (χ0) is 15.5. The van der Waals surface area contributed by atoms with Crippen LogP contribution < -0.4 is 10.2 Å². The molecular formula is C16H22N6.